The Bertz CT molecular complexity index is 651. The van der Waals surface area contributed by atoms with E-state index in [0.29, 0.717) is 17.9 Å². The summed E-state index contributed by atoms with van der Waals surface area (Å²) in [7, 11) is 0. The maximum Gasteiger partial charge on any atom is 0.431 e. The molecule has 0 spiro atoms. The second kappa shape index (κ2) is 6.78. The third-order valence-corrected chi connectivity index (χ3v) is 4.45. The van der Waals surface area contributed by atoms with Gasteiger partial charge < -0.3 is 5.11 Å². The number of rotatable bonds is 4. The van der Waals surface area contributed by atoms with Gasteiger partial charge >= 0.3 is 6.18 Å². The number of aryl methyl sites for hydroxylation is 1. The number of carbonyl (C=O) groups is 1. The molecule has 1 aromatic rings. The fourth-order valence-corrected chi connectivity index (χ4v) is 2.74. The molecule has 0 fully saturated rings. The summed E-state index contributed by atoms with van der Waals surface area (Å²) in [6, 6.07) is 9.50. The van der Waals surface area contributed by atoms with E-state index < -0.39 is 35.4 Å². The molecule has 1 aromatic carbocycles. The quantitative estimate of drug-likeness (QED) is 0.890. The lowest BCUT2D eigenvalue weighted by atomic mass is 9.80. The van der Waals surface area contributed by atoms with Gasteiger partial charge in [0.15, 0.2) is 5.72 Å². The average Bonchev–Trinajstić information content (AvgIpc) is 2.87. The molecule has 0 aromatic heterocycles. The molecule has 1 heterocycles. The number of benzene rings is 1. The number of carbonyl (C=O) groups excluding carboxylic acids is 1. The zero-order valence-electron chi connectivity index (χ0n) is 14.6. The van der Waals surface area contributed by atoms with Crippen molar-refractivity contribution in [2.45, 2.75) is 58.4 Å². The maximum atomic E-state index is 13.0. The topological polar surface area (TPSA) is 52.9 Å². The Balaban J connectivity index is 2.12. The molecule has 4 nitrogen and oxygen atoms in total. The molecule has 0 radical (unpaired) electrons. The lowest BCUT2D eigenvalue weighted by Crippen LogP contribution is -2.55. The molecule has 7 heteroatoms. The maximum absolute atomic E-state index is 13.0. The molecule has 0 unspecified atom stereocenters. The molecule has 2 rings (SSSR count). The molecule has 25 heavy (non-hydrogen) atoms. The van der Waals surface area contributed by atoms with Crippen LogP contribution in [0, 0.1) is 5.41 Å². The third-order valence-electron chi connectivity index (χ3n) is 4.45. The molecule has 0 saturated carbocycles. The van der Waals surface area contributed by atoms with E-state index in [2.05, 4.69) is 5.10 Å². The number of hydrogen-bond acceptors (Lipinski definition) is 3. The van der Waals surface area contributed by atoms with Gasteiger partial charge in [-0.1, -0.05) is 51.1 Å². The second-order valence-electron chi connectivity index (χ2n) is 7.33. The van der Waals surface area contributed by atoms with E-state index in [1.807, 2.05) is 30.3 Å². The summed E-state index contributed by atoms with van der Waals surface area (Å²) in [6.07, 6.45) is -4.27. The van der Waals surface area contributed by atoms with Gasteiger partial charge in [-0.2, -0.15) is 18.3 Å². The molecule has 0 bridgehead atoms. The fraction of sp³-hybridized carbons (Fsp3) is 0.556. The molecule has 0 aliphatic carbocycles. The predicted octanol–water partition coefficient (Wildman–Crippen LogP) is 3.89. The molecule has 1 aliphatic rings. The summed E-state index contributed by atoms with van der Waals surface area (Å²) < 4.78 is 39.1. The lowest BCUT2D eigenvalue weighted by Gasteiger charge is -2.41. The van der Waals surface area contributed by atoms with Crippen molar-refractivity contribution < 1.29 is 23.1 Å². The fourth-order valence-electron chi connectivity index (χ4n) is 2.74. The number of halogens is 3. The standard InChI is InChI=1S/C18H23F3N2O2/c1-16(2,3)17(25)12-14(18(19,20)21)22-23(17)15(24)11-7-10-13-8-5-4-6-9-13/h4-6,8-9,25H,7,10-12H2,1-3H3/t17-/m0/s1. The highest BCUT2D eigenvalue weighted by Crippen LogP contribution is 2.43. The normalized spacial score (nSPS) is 21.4. The first-order valence-electron chi connectivity index (χ1n) is 8.19. The number of amides is 1. The van der Waals surface area contributed by atoms with Crippen molar-refractivity contribution in [2.75, 3.05) is 0 Å². The van der Waals surface area contributed by atoms with Crippen LogP contribution in [-0.4, -0.2) is 33.6 Å². The summed E-state index contributed by atoms with van der Waals surface area (Å²) in [5.74, 6) is -0.604. The van der Waals surface area contributed by atoms with Gasteiger partial charge in [-0.25, -0.2) is 5.01 Å². The number of hydrazone groups is 1. The second-order valence-corrected chi connectivity index (χ2v) is 7.33. The summed E-state index contributed by atoms with van der Waals surface area (Å²) in [4.78, 5) is 12.5. The van der Waals surface area contributed by atoms with Crippen LogP contribution in [0.1, 0.15) is 45.6 Å². The summed E-state index contributed by atoms with van der Waals surface area (Å²) in [6.45, 7) is 4.77. The summed E-state index contributed by atoms with van der Waals surface area (Å²) in [5, 5.41) is 14.9. The highest BCUT2D eigenvalue weighted by atomic mass is 19.4. The van der Waals surface area contributed by atoms with Crippen molar-refractivity contribution in [3.8, 4) is 0 Å². The van der Waals surface area contributed by atoms with Gasteiger partial charge in [0.1, 0.15) is 5.71 Å². The van der Waals surface area contributed by atoms with Crippen LogP contribution in [0.4, 0.5) is 13.2 Å². The van der Waals surface area contributed by atoms with Crippen LogP contribution >= 0.6 is 0 Å². The van der Waals surface area contributed by atoms with E-state index in [4.69, 9.17) is 0 Å². The Morgan fingerprint density at radius 2 is 1.84 bits per heavy atom. The molecular formula is C18H23F3N2O2. The highest BCUT2D eigenvalue weighted by molar-refractivity contribution is 5.94. The summed E-state index contributed by atoms with van der Waals surface area (Å²) in [5.41, 5.74) is -3.04. The number of hydrogen-bond donors (Lipinski definition) is 1. The highest BCUT2D eigenvalue weighted by Gasteiger charge is 2.57. The minimum Gasteiger partial charge on any atom is -0.368 e. The van der Waals surface area contributed by atoms with Gasteiger partial charge in [0.25, 0.3) is 0 Å². The van der Waals surface area contributed by atoms with Gasteiger partial charge in [0, 0.05) is 18.3 Å². The van der Waals surface area contributed by atoms with E-state index in [1.165, 1.54) is 0 Å². The number of aliphatic hydroxyl groups is 1. The zero-order valence-corrected chi connectivity index (χ0v) is 14.6. The van der Waals surface area contributed by atoms with Gasteiger partial charge in [-0.3, -0.25) is 4.79 Å². The van der Waals surface area contributed by atoms with Gasteiger partial charge in [0.05, 0.1) is 0 Å². The van der Waals surface area contributed by atoms with Crippen LogP contribution < -0.4 is 0 Å². The van der Waals surface area contributed by atoms with Crippen LogP contribution in [-0.2, 0) is 11.2 Å². The smallest absolute Gasteiger partial charge is 0.368 e. The van der Waals surface area contributed by atoms with Crippen LogP contribution in [0.2, 0.25) is 0 Å². The van der Waals surface area contributed by atoms with Crippen LogP contribution in [0.25, 0.3) is 0 Å². The van der Waals surface area contributed by atoms with Crippen LogP contribution in [0.3, 0.4) is 0 Å². The van der Waals surface area contributed by atoms with Crippen molar-refractivity contribution in [3.63, 3.8) is 0 Å². The van der Waals surface area contributed by atoms with Crippen molar-refractivity contribution in [1.29, 1.82) is 0 Å². The van der Waals surface area contributed by atoms with E-state index in [-0.39, 0.29) is 6.42 Å². The molecule has 1 aliphatic heterocycles. The zero-order chi connectivity index (χ0) is 18.9. The van der Waals surface area contributed by atoms with Crippen LogP contribution in [0.15, 0.2) is 35.4 Å². The Morgan fingerprint density at radius 1 is 1.24 bits per heavy atom. The predicted molar refractivity (Wildman–Crippen MR) is 88.7 cm³/mol. The van der Waals surface area contributed by atoms with Crippen molar-refractivity contribution in [3.05, 3.63) is 35.9 Å². The number of nitrogens with zero attached hydrogens (tertiary/aromatic N) is 2. The largest absolute Gasteiger partial charge is 0.431 e. The Morgan fingerprint density at radius 3 is 2.36 bits per heavy atom. The molecule has 1 atom stereocenters. The minimum absolute atomic E-state index is 0.0158. The van der Waals surface area contributed by atoms with Gasteiger partial charge in [-0.15, -0.1) is 0 Å². The summed E-state index contributed by atoms with van der Waals surface area (Å²) >= 11 is 0. The first-order chi connectivity index (χ1) is 11.4. The Kier molecular flexibility index (Phi) is 5.27. The van der Waals surface area contributed by atoms with Crippen LogP contribution in [0.5, 0.6) is 0 Å². The van der Waals surface area contributed by atoms with Gasteiger partial charge in [-0.05, 0) is 18.4 Å². The molecule has 1 N–H and O–H groups in total. The molecule has 0 saturated heterocycles. The monoisotopic (exact) mass is 356 g/mol. The third kappa shape index (κ3) is 4.21. The van der Waals surface area contributed by atoms with Crippen molar-refractivity contribution >= 4 is 11.6 Å². The van der Waals surface area contributed by atoms with Gasteiger partial charge in [0.2, 0.25) is 5.91 Å². The number of alkyl halides is 3. The molecule has 1 amide bonds. The first-order valence-corrected chi connectivity index (χ1v) is 8.19. The Hall–Kier alpha value is -1.89. The first kappa shape index (κ1) is 19.4. The molecular weight excluding hydrogens is 333 g/mol. The lowest BCUT2D eigenvalue weighted by molar-refractivity contribution is -0.182. The van der Waals surface area contributed by atoms with Crippen molar-refractivity contribution in [2.24, 2.45) is 10.5 Å². The Labute approximate surface area is 145 Å². The van der Waals surface area contributed by atoms with E-state index in [1.54, 1.807) is 20.8 Å². The van der Waals surface area contributed by atoms with Crippen molar-refractivity contribution in [1.82, 2.24) is 5.01 Å². The van der Waals surface area contributed by atoms with E-state index in [0.717, 1.165) is 5.56 Å². The molecule has 138 valence electrons. The average molecular weight is 356 g/mol. The van der Waals surface area contributed by atoms with E-state index >= 15 is 0 Å². The van der Waals surface area contributed by atoms with E-state index in [9.17, 15) is 23.1 Å². The minimum atomic E-state index is -4.67. The SMILES string of the molecule is CC(C)(C)[C@@]1(O)CC(C(F)(F)F)=NN1C(=O)CCCc1ccccc1.